The number of hydrogen-bond donors (Lipinski definition) is 0. The number of aromatic nitrogens is 2. The molecule has 0 aliphatic rings. The zero-order valence-electron chi connectivity index (χ0n) is 43.4. The van der Waals surface area contributed by atoms with Crippen LogP contribution in [0.4, 0.5) is 41.6 Å². The van der Waals surface area contributed by atoms with Gasteiger partial charge in [0, 0.05) is 32.7 Å². The van der Waals surface area contributed by atoms with Crippen molar-refractivity contribution >= 4 is 72.0 Å². The van der Waals surface area contributed by atoms with Gasteiger partial charge in [-0.3, -0.25) is 0 Å². The molecule has 0 saturated heterocycles. The van der Waals surface area contributed by atoms with E-state index in [9.17, 15) is 21.0 Å². The lowest BCUT2D eigenvalue weighted by molar-refractivity contribution is -0.137. The fourth-order valence-corrected chi connectivity index (χ4v) is 11.1. The van der Waals surface area contributed by atoms with Crippen LogP contribution in [-0.2, 0) is 6.18 Å². The first-order chi connectivity index (χ1) is 40.8. The van der Waals surface area contributed by atoms with Crippen LogP contribution in [0.25, 0.3) is 135 Å². The summed E-state index contributed by atoms with van der Waals surface area (Å²) >= 11 is 0. The average molecular weight is 1080 g/mol. The van der Waals surface area contributed by atoms with Gasteiger partial charge >= 0.3 is 6.18 Å². The maximum atomic E-state index is 15.4. The highest BCUT2D eigenvalue weighted by Crippen LogP contribution is 2.48. The first kappa shape index (κ1) is 51.7. The molecule has 0 spiro atoms. The molecule has 0 amide bonds. The van der Waals surface area contributed by atoms with Gasteiger partial charge in [0.2, 0.25) is 0 Å². The SMILES string of the molecule is [C-]#[N+]c1cc(C#N)cc(-c2ccc3c4ccc(-c5cc(C#N)cc([N+]#[C-])c5)cc4n(-c4cc(-c5ccccc5C(F)(F)F)c([N+]#[C-])cc4-n4c5cc(-c6cc(C#N)cc(C#N)c6)ccc5c5ccc(-c6cc([N+]#[C-])cc([N+]#[C-])c6)cc54)c3c2)c1. The Hall–Kier alpha value is -13.0. The molecule has 12 rings (SSSR count). The molecule has 0 aliphatic carbocycles. The molecule has 0 aliphatic heterocycles. The summed E-state index contributed by atoms with van der Waals surface area (Å²) in [7, 11) is 0. The second-order valence-corrected chi connectivity index (χ2v) is 19.6. The van der Waals surface area contributed by atoms with E-state index in [0.717, 1.165) is 6.07 Å². The molecule has 84 heavy (non-hydrogen) atoms. The molecule has 2 aromatic heterocycles. The van der Waals surface area contributed by atoms with Crippen molar-refractivity contribution < 1.29 is 13.2 Å². The van der Waals surface area contributed by atoms with Gasteiger partial charge in [-0.05, 0) is 153 Å². The topological polar surface area (TPSA) is 127 Å². The molecule has 0 atom stereocenters. The molecular formula is C70H30F3N11. The van der Waals surface area contributed by atoms with E-state index >= 15 is 13.2 Å². The summed E-state index contributed by atoms with van der Waals surface area (Å²) in [5.74, 6) is 0. The van der Waals surface area contributed by atoms with Gasteiger partial charge in [0.05, 0.1) is 107 Å². The van der Waals surface area contributed by atoms with E-state index in [4.69, 9.17) is 32.9 Å². The Morgan fingerprint density at radius 3 is 1.05 bits per heavy atom. The standard InChI is InChI=1S/C70H30F3N11/c1-78-52-23-42(38-76)21-49(25-52)45-11-15-57-58-16-12-46(50-22-43(39-77)24-53(26-50)79-2)31-65(58)83(64(57)30-45)68-34-61(56-8-6-7-9-62(56)70(71,72)73)63(82-5)35-69(68)84-66-29-44(48-19-40(36-74)18-41(20-48)37-75)10-14-59(66)60-17-13-47(32-67(60)84)51-27-54(80-3)33-55(28-51)81-4/h6-35H. The Balaban J connectivity index is 1.29. The number of fused-ring (bicyclic) bond motifs is 6. The van der Waals surface area contributed by atoms with Crippen LogP contribution < -0.4 is 0 Å². The maximum absolute atomic E-state index is 15.4. The lowest BCUT2D eigenvalue weighted by Crippen LogP contribution is -2.08. The summed E-state index contributed by atoms with van der Waals surface area (Å²) in [5, 5.41) is 43.1. The van der Waals surface area contributed by atoms with Gasteiger partial charge in [-0.15, -0.1) is 0 Å². The third kappa shape index (κ3) is 8.84. The van der Waals surface area contributed by atoms with Gasteiger partial charge in [-0.25, -0.2) is 24.2 Å². The van der Waals surface area contributed by atoms with Crippen LogP contribution in [0.2, 0.25) is 0 Å². The molecule has 0 N–H and O–H groups in total. The first-order valence-electron chi connectivity index (χ1n) is 25.4. The summed E-state index contributed by atoms with van der Waals surface area (Å²) in [4.78, 5) is 18.5. The Kier molecular flexibility index (Phi) is 12.5. The van der Waals surface area contributed by atoms with E-state index < -0.39 is 11.7 Å². The molecule has 10 aromatic carbocycles. The normalized spacial score (nSPS) is 10.9. The predicted molar refractivity (Wildman–Crippen MR) is 317 cm³/mol. The molecule has 14 heteroatoms. The molecule has 0 saturated carbocycles. The van der Waals surface area contributed by atoms with Crippen LogP contribution in [0.1, 0.15) is 27.8 Å². The predicted octanol–water partition coefficient (Wildman–Crippen LogP) is 19.5. The summed E-state index contributed by atoms with van der Waals surface area (Å²) in [6.45, 7) is 40.3. The second kappa shape index (κ2) is 20.3. The summed E-state index contributed by atoms with van der Waals surface area (Å²) in [6.07, 6.45) is -4.86. The maximum Gasteiger partial charge on any atom is 0.416 e. The number of nitriles is 4. The minimum absolute atomic E-state index is 0.0482. The molecule has 11 nitrogen and oxygen atoms in total. The van der Waals surface area contributed by atoms with Crippen molar-refractivity contribution in [2.45, 2.75) is 6.18 Å². The van der Waals surface area contributed by atoms with Crippen LogP contribution in [0.3, 0.4) is 0 Å². The van der Waals surface area contributed by atoms with E-state index in [1.54, 1.807) is 60.7 Å². The van der Waals surface area contributed by atoms with E-state index in [1.165, 1.54) is 42.5 Å². The van der Waals surface area contributed by atoms with Crippen LogP contribution in [0.5, 0.6) is 0 Å². The Morgan fingerprint density at radius 2 is 0.679 bits per heavy atom. The quantitative estimate of drug-likeness (QED) is 0.147. The number of benzene rings is 10. The Morgan fingerprint density at radius 1 is 0.333 bits per heavy atom. The number of hydrogen-bond acceptors (Lipinski definition) is 4. The van der Waals surface area contributed by atoms with E-state index in [2.05, 4.69) is 48.5 Å². The summed E-state index contributed by atoms with van der Waals surface area (Å²) in [6, 6.07) is 58.6. The van der Waals surface area contributed by atoms with Crippen LogP contribution in [0, 0.1) is 78.2 Å². The van der Waals surface area contributed by atoms with Crippen LogP contribution >= 0.6 is 0 Å². The zero-order valence-corrected chi connectivity index (χ0v) is 43.4. The lowest BCUT2D eigenvalue weighted by Gasteiger charge is -2.21. The molecule has 12 aromatic rings. The van der Waals surface area contributed by atoms with Crippen LogP contribution in [0.15, 0.2) is 182 Å². The molecule has 0 unspecified atom stereocenters. The number of alkyl halides is 3. The number of halogens is 3. The summed E-state index contributed by atoms with van der Waals surface area (Å²) in [5.41, 5.74) is 7.70. The molecule has 2 heterocycles. The van der Waals surface area contributed by atoms with Crippen molar-refractivity contribution in [1.82, 2.24) is 9.13 Å². The third-order valence-electron chi connectivity index (χ3n) is 14.8. The highest BCUT2D eigenvalue weighted by Gasteiger charge is 2.35. The zero-order chi connectivity index (χ0) is 58.6. The number of nitrogens with zero attached hydrogens (tertiary/aromatic N) is 11. The average Bonchev–Trinajstić information content (AvgIpc) is 2.35. The minimum atomic E-state index is -4.86. The van der Waals surface area contributed by atoms with Gasteiger partial charge in [0.1, 0.15) is 0 Å². The molecular weight excluding hydrogens is 1050 g/mol. The van der Waals surface area contributed by atoms with Gasteiger partial charge in [-0.2, -0.15) is 34.2 Å². The van der Waals surface area contributed by atoms with E-state index in [-0.39, 0.29) is 67.5 Å². The minimum Gasteiger partial charge on any atom is -0.308 e. The van der Waals surface area contributed by atoms with Gasteiger partial charge in [0.25, 0.3) is 0 Å². The van der Waals surface area contributed by atoms with Crippen molar-refractivity contribution in [3.63, 3.8) is 0 Å². The van der Waals surface area contributed by atoms with Crippen molar-refractivity contribution in [3.05, 3.63) is 267 Å². The summed E-state index contributed by atoms with van der Waals surface area (Å²) < 4.78 is 49.9. The van der Waals surface area contributed by atoms with Crippen molar-refractivity contribution in [2.75, 3.05) is 0 Å². The van der Waals surface area contributed by atoms with Gasteiger partial charge < -0.3 is 9.13 Å². The van der Waals surface area contributed by atoms with E-state index in [0.29, 0.717) is 93.8 Å². The molecule has 386 valence electrons. The fraction of sp³-hybridized carbons (Fsp3) is 0.0143. The monoisotopic (exact) mass is 1080 g/mol. The van der Waals surface area contributed by atoms with Crippen LogP contribution in [-0.4, -0.2) is 9.13 Å². The molecule has 0 bridgehead atoms. The largest absolute Gasteiger partial charge is 0.416 e. The van der Waals surface area contributed by atoms with Crippen molar-refractivity contribution in [1.29, 1.82) is 21.0 Å². The van der Waals surface area contributed by atoms with Gasteiger partial charge in [-0.1, -0.05) is 84.9 Å². The smallest absolute Gasteiger partial charge is 0.308 e. The van der Waals surface area contributed by atoms with Crippen molar-refractivity contribution in [3.8, 4) is 91.3 Å². The van der Waals surface area contributed by atoms with E-state index in [1.807, 2.05) is 81.9 Å². The lowest BCUT2D eigenvalue weighted by atomic mass is 9.96. The second-order valence-electron chi connectivity index (χ2n) is 19.6. The molecule has 0 radical (unpaired) electrons. The third-order valence-corrected chi connectivity index (χ3v) is 14.8. The number of rotatable bonds is 7. The Bertz CT molecular complexity index is 4930. The molecule has 0 fully saturated rings. The Labute approximate surface area is 477 Å². The highest BCUT2D eigenvalue weighted by molar-refractivity contribution is 6.14. The van der Waals surface area contributed by atoms with Gasteiger partial charge in [0.15, 0.2) is 28.4 Å². The highest BCUT2D eigenvalue weighted by atomic mass is 19.4. The first-order valence-corrected chi connectivity index (χ1v) is 25.4. The van der Waals surface area contributed by atoms with Crippen molar-refractivity contribution in [2.24, 2.45) is 0 Å². The fourth-order valence-electron chi connectivity index (χ4n) is 11.1.